The topological polar surface area (TPSA) is 59.1 Å². The lowest BCUT2D eigenvalue weighted by atomic mass is 10.1. The van der Waals surface area contributed by atoms with Gasteiger partial charge in [-0.2, -0.15) is 0 Å². The standard InChI is InChI=1S/C10H22N2O/c1-4-9(10(11)12)13-7-5-6-8(2)3/h8-9H,4-7H2,1-3H3,(H3,11,12). The minimum Gasteiger partial charge on any atom is -0.385 e. The molecule has 0 aromatic carbocycles. The van der Waals surface area contributed by atoms with Crippen LogP contribution >= 0.6 is 0 Å². The summed E-state index contributed by atoms with van der Waals surface area (Å²) in [6.07, 6.45) is 2.85. The molecule has 0 amide bonds. The average molecular weight is 186 g/mol. The molecule has 0 bridgehead atoms. The largest absolute Gasteiger partial charge is 0.385 e. The van der Waals surface area contributed by atoms with Gasteiger partial charge in [0.25, 0.3) is 0 Å². The molecular weight excluding hydrogens is 164 g/mol. The molecule has 1 unspecified atom stereocenters. The van der Waals surface area contributed by atoms with Crippen LogP contribution < -0.4 is 5.73 Å². The molecule has 0 aromatic rings. The van der Waals surface area contributed by atoms with Crippen LogP contribution in [0.3, 0.4) is 0 Å². The van der Waals surface area contributed by atoms with E-state index in [1.807, 2.05) is 6.92 Å². The molecule has 0 spiro atoms. The Morgan fingerprint density at radius 1 is 1.46 bits per heavy atom. The van der Waals surface area contributed by atoms with E-state index in [0.717, 1.165) is 25.4 Å². The molecular formula is C10H22N2O. The highest BCUT2D eigenvalue weighted by molar-refractivity contribution is 5.81. The van der Waals surface area contributed by atoms with Gasteiger partial charge in [0.05, 0.1) is 0 Å². The third-order valence-electron chi connectivity index (χ3n) is 1.96. The van der Waals surface area contributed by atoms with Crippen molar-refractivity contribution in [2.24, 2.45) is 11.7 Å². The highest BCUT2D eigenvalue weighted by atomic mass is 16.5. The first-order valence-corrected chi connectivity index (χ1v) is 5.03. The summed E-state index contributed by atoms with van der Waals surface area (Å²) < 4.78 is 5.45. The lowest BCUT2D eigenvalue weighted by Gasteiger charge is -2.14. The van der Waals surface area contributed by atoms with Crippen molar-refractivity contribution < 1.29 is 4.74 Å². The zero-order chi connectivity index (χ0) is 10.3. The summed E-state index contributed by atoms with van der Waals surface area (Å²) in [4.78, 5) is 0. The molecule has 3 heteroatoms. The van der Waals surface area contributed by atoms with Crippen molar-refractivity contribution in [1.82, 2.24) is 0 Å². The molecule has 0 heterocycles. The van der Waals surface area contributed by atoms with Gasteiger partial charge in [-0.3, -0.25) is 5.41 Å². The lowest BCUT2D eigenvalue weighted by Crippen LogP contribution is -2.30. The van der Waals surface area contributed by atoms with Crippen LogP contribution in [0.5, 0.6) is 0 Å². The molecule has 3 N–H and O–H groups in total. The monoisotopic (exact) mass is 186 g/mol. The van der Waals surface area contributed by atoms with E-state index in [0.29, 0.717) is 0 Å². The summed E-state index contributed by atoms with van der Waals surface area (Å²) in [5.41, 5.74) is 5.35. The molecule has 0 fully saturated rings. The van der Waals surface area contributed by atoms with Crippen molar-refractivity contribution in [3.63, 3.8) is 0 Å². The Morgan fingerprint density at radius 2 is 2.08 bits per heavy atom. The number of hydrogen-bond acceptors (Lipinski definition) is 2. The van der Waals surface area contributed by atoms with Crippen LogP contribution in [-0.2, 0) is 4.74 Å². The van der Waals surface area contributed by atoms with Crippen LogP contribution in [0.1, 0.15) is 40.0 Å². The fraction of sp³-hybridized carbons (Fsp3) is 0.900. The molecule has 1 atom stereocenters. The maximum absolute atomic E-state index is 7.22. The van der Waals surface area contributed by atoms with Gasteiger partial charge in [-0.05, 0) is 25.2 Å². The van der Waals surface area contributed by atoms with Crippen molar-refractivity contribution in [2.45, 2.75) is 46.1 Å². The maximum atomic E-state index is 7.22. The number of nitrogens with two attached hydrogens (primary N) is 1. The predicted octanol–water partition coefficient (Wildman–Crippen LogP) is 2.15. The molecule has 0 aromatic heterocycles. The number of rotatable bonds is 7. The van der Waals surface area contributed by atoms with Crippen LogP contribution in [0.15, 0.2) is 0 Å². The summed E-state index contributed by atoms with van der Waals surface area (Å²) in [5, 5.41) is 7.22. The van der Waals surface area contributed by atoms with Crippen LogP contribution in [0.25, 0.3) is 0 Å². The van der Waals surface area contributed by atoms with Gasteiger partial charge in [0.15, 0.2) is 0 Å². The minimum atomic E-state index is -0.174. The molecule has 0 rings (SSSR count). The van der Waals surface area contributed by atoms with Crippen LogP contribution in [0.4, 0.5) is 0 Å². The summed E-state index contributed by atoms with van der Waals surface area (Å²) in [7, 11) is 0. The number of amidine groups is 1. The molecule has 0 aliphatic carbocycles. The molecule has 0 radical (unpaired) electrons. The first-order chi connectivity index (χ1) is 6.07. The Bertz CT molecular complexity index is 146. The van der Waals surface area contributed by atoms with E-state index in [2.05, 4.69) is 13.8 Å². The minimum absolute atomic E-state index is 0.145. The van der Waals surface area contributed by atoms with Gasteiger partial charge in [-0.15, -0.1) is 0 Å². The first kappa shape index (κ1) is 12.4. The van der Waals surface area contributed by atoms with Crippen LogP contribution in [0.2, 0.25) is 0 Å². The number of nitrogens with one attached hydrogen (secondary N) is 1. The van der Waals surface area contributed by atoms with E-state index < -0.39 is 0 Å². The molecule has 0 aliphatic rings. The SMILES string of the molecule is CCC(OCCCC(C)C)C(=N)N. The summed E-state index contributed by atoms with van der Waals surface area (Å²) in [6, 6.07) is 0. The zero-order valence-electron chi connectivity index (χ0n) is 8.97. The fourth-order valence-electron chi connectivity index (χ4n) is 1.14. The summed E-state index contributed by atoms with van der Waals surface area (Å²) in [5.74, 6) is 0.869. The smallest absolute Gasteiger partial charge is 0.120 e. The number of ether oxygens (including phenoxy) is 1. The number of hydrogen-bond donors (Lipinski definition) is 2. The van der Waals surface area contributed by atoms with Crippen molar-refractivity contribution in [3.05, 3.63) is 0 Å². The van der Waals surface area contributed by atoms with Crippen molar-refractivity contribution >= 4 is 5.84 Å². The quantitative estimate of drug-likeness (QED) is 0.363. The molecule has 13 heavy (non-hydrogen) atoms. The normalized spacial score (nSPS) is 13.2. The fourth-order valence-corrected chi connectivity index (χ4v) is 1.14. The highest BCUT2D eigenvalue weighted by Gasteiger charge is 2.08. The Balaban J connectivity index is 3.44. The summed E-state index contributed by atoms with van der Waals surface area (Å²) >= 11 is 0. The van der Waals surface area contributed by atoms with E-state index in [1.54, 1.807) is 0 Å². The summed E-state index contributed by atoms with van der Waals surface area (Å²) in [6.45, 7) is 7.09. The van der Waals surface area contributed by atoms with Gasteiger partial charge in [-0.1, -0.05) is 20.8 Å². The zero-order valence-corrected chi connectivity index (χ0v) is 8.97. The second-order valence-electron chi connectivity index (χ2n) is 3.76. The van der Waals surface area contributed by atoms with Gasteiger partial charge in [0.1, 0.15) is 11.9 Å². The average Bonchev–Trinajstić information content (AvgIpc) is 2.03. The Labute approximate surface area is 81.2 Å². The second-order valence-corrected chi connectivity index (χ2v) is 3.76. The van der Waals surface area contributed by atoms with Gasteiger partial charge in [0.2, 0.25) is 0 Å². The van der Waals surface area contributed by atoms with Crippen LogP contribution in [0, 0.1) is 11.3 Å². The van der Waals surface area contributed by atoms with Gasteiger partial charge < -0.3 is 10.5 Å². The highest BCUT2D eigenvalue weighted by Crippen LogP contribution is 2.05. The Hall–Kier alpha value is -0.570. The molecule has 3 nitrogen and oxygen atoms in total. The molecule has 78 valence electrons. The van der Waals surface area contributed by atoms with Gasteiger partial charge in [0, 0.05) is 6.61 Å². The third-order valence-corrected chi connectivity index (χ3v) is 1.96. The van der Waals surface area contributed by atoms with Crippen molar-refractivity contribution in [2.75, 3.05) is 6.61 Å². The predicted molar refractivity (Wildman–Crippen MR) is 56.0 cm³/mol. The van der Waals surface area contributed by atoms with E-state index in [4.69, 9.17) is 15.9 Å². The van der Waals surface area contributed by atoms with E-state index >= 15 is 0 Å². The van der Waals surface area contributed by atoms with Gasteiger partial charge in [-0.25, -0.2) is 0 Å². The Kier molecular flexibility index (Phi) is 6.59. The van der Waals surface area contributed by atoms with E-state index in [1.165, 1.54) is 6.42 Å². The lowest BCUT2D eigenvalue weighted by molar-refractivity contribution is 0.0890. The second kappa shape index (κ2) is 6.89. The molecule has 0 saturated carbocycles. The van der Waals surface area contributed by atoms with E-state index in [-0.39, 0.29) is 11.9 Å². The third kappa shape index (κ3) is 6.58. The maximum Gasteiger partial charge on any atom is 0.120 e. The van der Waals surface area contributed by atoms with Crippen LogP contribution in [-0.4, -0.2) is 18.5 Å². The molecule has 0 aliphatic heterocycles. The van der Waals surface area contributed by atoms with Crippen molar-refractivity contribution in [3.8, 4) is 0 Å². The van der Waals surface area contributed by atoms with E-state index in [9.17, 15) is 0 Å². The Morgan fingerprint density at radius 3 is 2.46 bits per heavy atom. The van der Waals surface area contributed by atoms with Crippen molar-refractivity contribution in [1.29, 1.82) is 5.41 Å². The van der Waals surface area contributed by atoms with Gasteiger partial charge >= 0.3 is 0 Å². The molecule has 0 saturated heterocycles. The first-order valence-electron chi connectivity index (χ1n) is 5.03.